The fourth-order valence-electron chi connectivity index (χ4n) is 1.54. The van der Waals surface area contributed by atoms with Crippen molar-refractivity contribution >= 4 is 69.7 Å². The van der Waals surface area contributed by atoms with E-state index in [1.165, 1.54) is 7.11 Å². The maximum Gasteiger partial charge on any atom is 0.337 e. The number of benzene rings is 1. The van der Waals surface area contributed by atoms with E-state index >= 15 is 0 Å². The lowest BCUT2D eigenvalue weighted by Gasteiger charge is -2.25. The highest BCUT2D eigenvalue weighted by Gasteiger charge is 2.30. The summed E-state index contributed by atoms with van der Waals surface area (Å²) < 4.78 is 3.94. The quantitative estimate of drug-likeness (QED) is 0.405. The molecule has 0 spiro atoms. The zero-order chi connectivity index (χ0) is 14.1. The van der Waals surface area contributed by atoms with Crippen molar-refractivity contribution in [3.63, 3.8) is 0 Å². The van der Waals surface area contributed by atoms with E-state index < -0.39 is 3.23 Å². The maximum atomic E-state index is 11.6. The van der Waals surface area contributed by atoms with Gasteiger partial charge in [0, 0.05) is 0 Å². The van der Waals surface area contributed by atoms with Crippen molar-refractivity contribution in [2.45, 2.75) is 20.3 Å². The molecule has 0 aliphatic heterocycles. The molecule has 0 amide bonds. The Hall–Kier alpha value is 0.610. The molecule has 0 unspecified atom stereocenters. The van der Waals surface area contributed by atoms with Crippen LogP contribution in [0.5, 0.6) is 0 Å². The Labute approximate surface area is 140 Å². The van der Waals surface area contributed by atoms with E-state index in [2.05, 4.69) is 63.7 Å². The van der Waals surface area contributed by atoms with Crippen molar-refractivity contribution in [1.82, 2.24) is 0 Å². The first-order valence-electron chi connectivity index (χ1n) is 5.06. The number of halogens is 4. The summed E-state index contributed by atoms with van der Waals surface area (Å²) in [5, 5.41) is 0. The van der Waals surface area contributed by atoms with Gasteiger partial charge >= 0.3 is 5.97 Å². The van der Waals surface area contributed by atoms with Gasteiger partial charge in [-0.1, -0.05) is 69.8 Å². The lowest BCUT2D eigenvalue weighted by Crippen LogP contribution is -2.15. The van der Waals surface area contributed by atoms with Crippen LogP contribution in [0.2, 0.25) is 0 Å². The highest BCUT2D eigenvalue weighted by Crippen LogP contribution is 2.47. The van der Waals surface area contributed by atoms with Crippen LogP contribution in [-0.2, 0) is 11.2 Å². The summed E-state index contributed by atoms with van der Waals surface area (Å²) in [4.78, 5) is 11.6. The Morgan fingerprint density at radius 3 is 1.94 bits per heavy atom. The Kier molecular flexibility index (Phi) is 5.49. The summed E-state index contributed by atoms with van der Waals surface area (Å²) in [6.45, 7) is 3.94. The van der Waals surface area contributed by atoms with Crippen LogP contribution in [0.25, 0.3) is 0 Å². The molecule has 0 N–H and O–H groups in total. The molecule has 6 heteroatoms. The number of alkyl halides is 4. The SMILES string of the molecule is COC(=O)c1ccc(C(C)(Br)Br)c(C(C)(Br)Br)c1. The van der Waals surface area contributed by atoms with Crippen LogP contribution in [-0.4, -0.2) is 13.1 Å². The smallest absolute Gasteiger partial charge is 0.337 e. The first-order chi connectivity index (χ1) is 8.07. The Morgan fingerprint density at radius 2 is 1.56 bits per heavy atom. The maximum absolute atomic E-state index is 11.6. The van der Waals surface area contributed by atoms with Gasteiger partial charge in [-0.2, -0.15) is 0 Å². The van der Waals surface area contributed by atoms with Gasteiger partial charge in [0.25, 0.3) is 0 Å². The largest absolute Gasteiger partial charge is 0.465 e. The van der Waals surface area contributed by atoms with Gasteiger partial charge < -0.3 is 4.74 Å². The van der Waals surface area contributed by atoms with Gasteiger partial charge in [0.15, 0.2) is 0 Å². The van der Waals surface area contributed by atoms with Crippen molar-refractivity contribution in [3.8, 4) is 0 Å². The highest BCUT2D eigenvalue weighted by molar-refractivity contribution is 9.25. The molecule has 0 aliphatic carbocycles. The zero-order valence-corrected chi connectivity index (χ0v) is 16.4. The van der Waals surface area contributed by atoms with Crippen LogP contribution in [0.15, 0.2) is 18.2 Å². The van der Waals surface area contributed by atoms with E-state index in [4.69, 9.17) is 4.74 Å². The summed E-state index contributed by atoms with van der Waals surface area (Å²) in [6, 6.07) is 5.45. The highest BCUT2D eigenvalue weighted by atomic mass is 79.9. The summed E-state index contributed by atoms with van der Waals surface area (Å²) in [5.41, 5.74) is 2.48. The van der Waals surface area contributed by atoms with Crippen LogP contribution in [0.3, 0.4) is 0 Å². The van der Waals surface area contributed by atoms with Gasteiger partial charge in [-0.3, -0.25) is 0 Å². The van der Waals surface area contributed by atoms with Crippen LogP contribution in [0.1, 0.15) is 35.3 Å². The molecule has 0 saturated heterocycles. The van der Waals surface area contributed by atoms with Gasteiger partial charge in [-0.25, -0.2) is 4.79 Å². The van der Waals surface area contributed by atoms with Crippen LogP contribution < -0.4 is 0 Å². The third-order valence-corrected chi connectivity index (χ3v) is 4.10. The lowest BCUT2D eigenvalue weighted by molar-refractivity contribution is 0.0600. The molecule has 1 rings (SSSR count). The van der Waals surface area contributed by atoms with Crippen molar-refractivity contribution < 1.29 is 9.53 Å². The summed E-state index contributed by atoms with van der Waals surface area (Å²) >= 11 is 14.3. The number of carbonyl (C=O) groups excluding carboxylic acids is 1. The number of methoxy groups -OCH3 is 1. The second-order valence-corrected chi connectivity index (χ2v) is 12.5. The second kappa shape index (κ2) is 5.94. The number of esters is 1. The summed E-state index contributed by atoms with van der Waals surface area (Å²) in [5.74, 6) is -0.349. The molecule has 0 aliphatic rings. The van der Waals surface area contributed by atoms with Crippen molar-refractivity contribution in [3.05, 3.63) is 34.9 Å². The average molecular weight is 508 g/mol. The Morgan fingerprint density at radius 1 is 1.06 bits per heavy atom. The van der Waals surface area contributed by atoms with Crippen LogP contribution in [0, 0.1) is 0 Å². The molecular weight excluding hydrogens is 496 g/mol. The zero-order valence-electron chi connectivity index (χ0n) is 10.1. The molecule has 0 bridgehead atoms. The van der Waals surface area contributed by atoms with Crippen molar-refractivity contribution in [2.75, 3.05) is 7.11 Å². The van der Waals surface area contributed by atoms with E-state index in [-0.39, 0.29) is 9.20 Å². The molecule has 1 aromatic rings. The first-order valence-corrected chi connectivity index (χ1v) is 8.23. The number of rotatable bonds is 3. The molecule has 0 aromatic heterocycles. The molecule has 1 aromatic carbocycles. The fraction of sp³-hybridized carbons (Fsp3) is 0.417. The predicted molar refractivity (Wildman–Crippen MR) is 88.2 cm³/mol. The minimum absolute atomic E-state index is 0.349. The van der Waals surface area contributed by atoms with Gasteiger partial charge in [-0.15, -0.1) is 0 Å². The van der Waals surface area contributed by atoms with Crippen LogP contribution in [0.4, 0.5) is 0 Å². The van der Waals surface area contributed by atoms with Crippen molar-refractivity contribution in [1.29, 1.82) is 0 Å². The molecule has 0 saturated carbocycles. The van der Waals surface area contributed by atoms with Gasteiger partial charge in [0.1, 0.15) is 6.47 Å². The first kappa shape index (κ1) is 16.7. The monoisotopic (exact) mass is 504 g/mol. The average Bonchev–Trinajstić information content (AvgIpc) is 2.24. The minimum atomic E-state index is -0.428. The number of hydrogen-bond donors (Lipinski definition) is 0. The van der Waals surface area contributed by atoms with Gasteiger partial charge in [0.2, 0.25) is 0 Å². The van der Waals surface area contributed by atoms with E-state index in [0.29, 0.717) is 5.56 Å². The normalized spacial score (nSPS) is 12.4. The topological polar surface area (TPSA) is 26.3 Å². The van der Waals surface area contributed by atoms with E-state index in [0.717, 1.165) is 11.1 Å². The predicted octanol–water partition coefficient (Wildman–Crippen LogP) is 5.40. The molecule has 0 atom stereocenters. The molecule has 100 valence electrons. The van der Waals surface area contributed by atoms with Crippen LogP contribution >= 0.6 is 63.7 Å². The standard InChI is InChI=1S/C12H12Br4O2/c1-11(13,14)8-5-4-7(10(17)18-3)6-9(8)12(2,15)16/h4-6H,1-3H3. The van der Waals surface area contributed by atoms with E-state index in [1.54, 1.807) is 6.07 Å². The summed E-state index contributed by atoms with van der Waals surface area (Å²) in [6.07, 6.45) is 0. The molecule has 18 heavy (non-hydrogen) atoms. The molecule has 2 nitrogen and oxygen atoms in total. The second-order valence-electron chi connectivity index (χ2n) is 4.03. The van der Waals surface area contributed by atoms with Gasteiger partial charge in [0.05, 0.1) is 12.7 Å². The minimum Gasteiger partial charge on any atom is -0.465 e. The van der Waals surface area contributed by atoms with E-state index in [1.807, 2.05) is 26.0 Å². The molecule has 0 fully saturated rings. The number of ether oxygens (including phenoxy) is 1. The Bertz CT molecular complexity index is 458. The molecule has 0 heterocycles. The lowest BCUT2D eigenvalue weighted by atomic mass is 10.00. The number of carbonyl (C=O) groups is 1. The fourth-order valence-corrected chi connectivity index (χ4v) is 2.88. The third-order valence-electron chi connectivity index (χ3n) is 2.39. The molecule has 0 radical (unpaired) electrons. The molecular formula is C12H12Br4O2. The van der Waals surface area contributed by atoms with Gasteiger partial charge in [-0.05, 0) is 37.1 Å². The summed E-state index contributed by atoms with van der Waals surface area (Å²) in [7, 11) is 1.37. The third kappa shape index (κ3) is 4.05. The number of hydrogen-bond acceptors (Lipinski definition) is 2. The van der Waals surface area contributed by atoms with E-state index in [9.17, 15) is 4.79 Å². The van der Waals surface area contributed by atoms with Crippen molar-refractivity contribution in [2.24, 2.45) is 0 Å². The Balaban J connectivity index is 3.45.